The molecule has 0 spiro atoms. The molecule has 33 heavy (non-hydrogen) atoms. The van der Waals surface area contributed by atoms with E-state index in [4.69, 9.17) is 23.7 Å². The fourth-order valence-corrected chi connectivity index (χ4v) is 4.38. The summed E-state index contributed by atoms with van der Waals surface area (Å²) in [5.41, 5.74) is 2.48. The van der Waals surface area contributed by atoms with Crippen molar-refractivity contribution in [2.24, 2.45) is 0 Å². The highest BCUT2D eigenvalue weighted by atomic mass is 16.7. The molecule has 9 heteroatoms. The summed E-state index contributed by atoms with van der Waals surface area (Å²) in [4.78, 5) is 15.3. The Bertz CT molecular complexity index is 1170. The number of rotatable bonds is 5. The number of urea groups is 1. The van der Waals surface area contributed by atoms with E-state index in [1.807, 2.05) is 30.5 Å². The molecule has 2 amide bonds. The molecule has 2 aliphatic rings. The molecule has 5 rings (SSSR count). The molecule has 1 N–H and O–H groups in total. The highest BCUT2D eigenvalue weighted by molar-refractivity contribution is 5.90. The number of amides is 2. The molecule has 9 nitrogen and oxygen atoms in total. The van der Waals surface area contributed by atoms with Crippen molar-refractivity contribution in [1.82, 2.24) is 9.47 Å². The Morgan fingerprint density at radius 1 is 0.970 bits per heavy atom. The third kappa shape index (κ3) is 3.65. The monoisotopic (exact) mass is 451 g/mol. The van der Waals surface area contributed by atoms with Crippen LogP contribution in [0.3, 0.4) is 0 Å². The van der Waals surface area contributed by atoms with Gasteiger partial charge in [0, 0.05) is 36.7 Å². The zero-order valence-electron chi connectivity index (χ0n) is 18.7. The number of carbonyl (C=O) groups excluding carboxylic acids is 1. The molecule has 2 aliphatic heterocycles. The van der Waals surface area contributed by atoms with Crippen molar-refractivity contribution < 1.29 is 28.5 Å². The van der Waals surface area contributed by atoms with E-state index in [-0.39, 0.29) is 18.9 Å². The van der Waals surface area contributed by atoms with Gasteiger partial charge in [0.2, 0.25) is 12.5 Å². The third-order valence-corrected chi connectivity index (χ3v) is 5.93. The zero-order valence-corrected chi connectivity index (χ0v) is 18.7. The number of aromatic nitrogens is 1. The number of methoxy groups -OCH3 is 3. The standard InChI is InChI=1S/C24H25N3O6/c1-29-20-11-15(12-21(30-2)23(20)31-3)22-17-5-4-8-26(17)9-10-27(22)24(28)25-16-6-7-18-19(13-16)33-14-32-18/h4-8,11-13,22H,9-10,14H2,1-3H3,(H,25,28)/t22-/m0/s1. The van der Waals surface area contributed by atoms with Crippen molar-refractivity contribution >= 4 is 11.7 Å². The minimum absolute atomic E-state index is 0.180. The summed E-state index contributed by atoms with van der Waals surface area (Å²) in [6.45, 7) is 1.40. The Balaban J connectivity index is 1.52. The number of hydrogen-bond acceptors (Lipinski definition) is 6. The number of nitrogens with one attached hydrogen (secondary N) is 1. The number of fused-ring (bicyclic) bond motifs is 2. The van der Waals surface area contributed by atoms with Crippen molar-refractivity contribution in [3.05, 3.63) is 59.9 Å². The molecule has 0 fully saturated rings. The zero-order chi connectivity index (χ0) is 22.9. The van der Waals surface area contributed by atoms with Crippen LogP contribution in [0.4, 0.5) is 10.5 Å². The maximum atomic E-state index is 13.5. The lowest BCUT2D eigenvalue weighted by molar-refractivity contribution is 0.174. The van der Waals surface area contributed by atoms with E-state index >= 15 is 0 Å². The van der Waals surface area contributed by atoms with Crippen molar-refractivity contribution in [2.75, 3.05) is 40.0 Å². The van der Waals surface area contributed by atoms with Gasteiger partial charge in [0.15, 0.2) is 23.0 Å². The Morgan fingerprint density at radius 3 is 2.45 bits per heavy atom. The number of hydrogen-bond donors (Lipinski definition) is 1. The van der Waals surface area contributed by atoms with Crippen molar-refractivity contribution in [3.63, 3.8) is 0 Å². The van der Waals surface area contributed by atoms with Gasteiger partial charge in [-0.25, -0.2) is 4.79 Å². The molecule has 1 atom stereocenters. The summed E-state index contributed by atoms with van der Waals surface area (Å²) in [5.74, 6) is 2.85. The van der Waals surface area contributed by atoms with E-state index in [0.717, 1.165) is 11.3 Å². The molecule has 0 unspecified atom stereocenters. The smallest absolute Gasteiger partial charge is 0.322 e. The first-order valence-corrected chi connectivity index (χ1v) is 10.5. The second-order valence-electron chi connectivity index (χ2n) is 7.68. The molecule has 0 saturated heterocycles. The van der Waals surface area contributed by atoms with Crippen LogP contribution in [0.25, 0.3) is 0 Å². The van der Waals surface area contributed by atoms with Crippen molar-refractivity contribution in [1.29, 1.82) is 0 Å². The Hall–Kier alpha value is -4.01. The van der Waals surface area contributed by atoms with Crippen LogP contribution in [-0.4, -0.2) is 50.2 Å². The third-order valence-electron chi connectivity index (χ3n) is 5.93. The van der Waals surface area contributed by atoms with Crippen LogP contribution in [0.15, 0.2) is 48.7 Å². The van der Waals surface area contributed by atoms with Gasteiger partial charge in [-0.1, -0.05) is 0 Å². The van der Waals surface area contributed by atoms with E-state index in [1.165, 1.54) is 0 Å². The Morgan fingerprint density at radius 2 is 1.73 bits per heavy atom. The Labute approximate surface area is 191 Å². The van der Waals surface area contributed by atoms with Crippen LogP contribution in [0.5, 0.6) is 28.7 Å². The maximum absolute atomic E-state index is 13.5. The first-order chi connectivity index (χ1) is 16.1. The first kappa shape index (κ1) is 20.9. The van der Waals surface area contributed by atoms with E-state index in [9.17, 15) is 4.79 Å². The second kappa shape index (κ2) is 8.50. The normalized spacial score (nSPS) is 16.2. The predicted octanol–water partition coefficient (Wildman–Crippen LogP) is 3.88. The quantitative estimate of drug-likeness (QED) is 0.634. The van der Waals surface area contributed by atoms with Gasteiger partial charge < -0.3 is 38.5 Å². The fraction of sp³-hybridized carbons (Fsp3) is 0.292. The van der Waals surface area contributed by atoms with E-state index < -0.39 is 0 Å². The molecule has 0 radical (unpaired) electrons. The Kier molecular flexibility index (Phi) is 5.37. The lowest BCUT2D eigenvalue weighted by atomic mass is 9.99. The van der Waals surface area contributed by atoms with Crippen LogP contribution in [0.2, 0.25) is 0 Å². The lowest BCUT2D eigenvalue weighted by Crippen LogP contribution is -2.44. The van der Waals surface area contributed by atoms with Crippen LogP contribution in [0.1, 0.15) is 17.3 Å². The van der Waals surface area contributed by atoms with Gasteiger partial charge in [0.05, 0.1) is 27.4 Å². The molecule has 0 aliphatic carbocycles. The molecule has 0 saturated carbocycles. The largest absolute Gasteiger partial charge is 0.493 e. The number of benzene rings is 2. The van der Waals surface area contributed by atoms with E-state index in [1.54, 1.807) is 44.4 Å². The number of ether oxygens (including phenoxy) is 5. The molecule has 3 aromatic rings. The minimum Gasteiger partial charge on any atom is -0.493 e. The minimum atomic E-state index is -0.350. The van der Waals surface area contributed by atoms with E-state index in [0.29, 0.717) is 47.5 Å². The van der Waals surface area contributed by atoms with E-state index in [2.05, 4.69) is 9.88 Å². The first-order valence-electron chi connectivity index (χ1n) is 10.5. The highest BCUT2D eigenvalue weighted by Crippen LogP contribution is 2.43. The van der Waals surface area contributed by atoms with Gasteiger partial charge in [-0.3, -0.25) is 0 Å². The topological polar surface area (TPSA) is 83.4 Å². The molecular formula is C24H25N3O6. The average molecular weight is 451 g/mol. The van der Waals surface area contributed by atoms with Crippen LogP contribution < -0.4 is 29.0 Å². The van der Waals surface area contributed by atoms with Gasteiger partial charge in [-0.15, -0.1) is 0 Å². The molecule has 1 aromatic heterocycles. The number of nitrogens with zero attached hydrogens (tertiary/aromatic N) is 2. The van der Waals surface area contributed by atoms with Crippen LogP contribution in [-0.2, 0) is 6.54 Å². The van der Waals surface area contributed by atoms with Crippen LogP contribution >= 0.6 is 0 Å². The van der Waals surface area contributed by atoms with Crippen molar-refractivity contribution in [2.45, 2.75) is 12.6 Å². The summed E-state index contributed by atoms with van der Waals surface area (Å²) >= 11 is 0. The number of carbonyl (C=O) groups is 1. The molecule has 0 bridgehead atoms. The summed E-state index contributed by atoms with van der Waals surface area (Å²) < 4.78 is 29.5. The average Bonchev–Trinajstić information content (AvgIpc) is 3.51. The molecular weight excluding hydrogens is 426 g/mol. The molecule has 2 aromatic carbocycles. The molecule has 3 heterocycles. The lowest BCUT2D eigenvalue weighted by Gasteiger charge is -2.37. The van der Waals surface area contributed by atoms with Gasteiger partial charge in [0.25, 0.3) is 0 Å². The van der Waals surface area contributed by atoms with Crippen LogP contribution in [0, 0.1) is 0 Å². The maximum Gasteiger partial charge on any atom is 0.322 e. The van der Waals surface area contributed by atoms with Gasteiger partial charge in [-0.2, -0.15) is 0 Å². The van der Waals surface area contributed by atoms with Gasteiger partial charge in [0.1, 0.15) is 0 Å². The summed E-state index contributed by atoms with van der Waals surface area (Å²) in [6, 6.07) is 12.6. The summed E-state index contributed by atoms with van der Waals surface area (Å²) in [5, 5.41) is 3.00. The summed E-state index contributed by atoms with van der Waals surface area (Å²) in [7, 11) is 4.72. The fourth-order valence-electron chi connectivity index (χ4n) is 4.38. The SMILES string of the molecule is COc1cc([C@H]2c3cccn3CCN2C(=O)Nc2ccc3c(c2)OCO3)cc(OC)c1OC. The number of anilines is 1. The predicted molar refractivity (Wildman–Crippen MR) is 121 cm³/mol. The molecule has 172 valence electrons. The van der Waals surface area contributed by atoms with Gasteiger partial charge >= 0.3 is 6.03 Å². The second-order valence-corrected chi connectivity index (χ2v) is 7.68. The summed E-state index contributed by atoms with van der Waals surface area (Å²) in [6.07, 6.45) is 2.02. The van der Waals surface area contributed by atoms with Crippen molar-refractivity contribution in [3.8, 4) is 28.7 Å². The van der Waals surface area contributed by atoms with Gasteiger partial charge in [-0.05, 0) is 42.0 Å². The highest BCUT2D eigenvalue weighted by Gasteiger charge is 2.34.